The molecule has 0 bridgehead atoms. The monoisotopic (exact) mass is 267 g/mol. The molecular formula is C13H17NO3S. The van der Waals surface area contributed by atoms with E-state index < -0.39 is 12.0 Å². The van der Waals surface area contributed by atoms with Crippen LogP contribution in [-0.4, -0.2) is 29.3 Å². The van der Waals surface area contributed by atoms with Crippen LogP contribution in [0, 0.1) is 5.92 Å². The number of hydrogen-bond acceptors (Lipinski definition) is 3. The molecule has 1 atom stereocenters. The Morgan fingerprint density at radius 2 is 1.78 bits per heavy atom. The zero-order valence-electron chi connectivity index (χ0n) is 10.6. The number of carboxylic acids is 1. The Balaban J connectivity index is 2.77. The van der Waals surface area contributed by atoms with Crippen molar-refractivity contribution in [3.05, 3.63) is 29.8 Å². The van der Waals surface area contributed by atoms with Gasteiger partial charge >= 0.3 is 5.97 Å². The van der Waals surface area contributed by atoms with Crippen LogP contribution < -0.4 is 5.32 Å². The molecule has 0 saturated carbocycles. The number of carbonyl (C=O) groups is 2. The van der Waals surface area contributed by atoms with Crippen molar-refractivity contribution in [2.24, 2.45) is 5.92 Å². The van der Waals surface area contributed by atoms with Crippen LogP contribution in [0.4, 0.5) is 0 Å². The molecule has 0 aromatic heterocycles. The van der Waals surface area contributed by atoms with Crippen molar-refractivity contribution in [1.29, 1.82) is 0 Å². The maximum atomic E-state index is 11.9. The first-order chi connectivity index (χ1) is 8.45. The lowest BCUT2D eigenvalue weighted by molar-refractivity contribution is -0.140. The van der Waals surface area contributed by atoms with Gasteiger partial charge in [0, 0.05) is 10.5 Å². The summed E-state index contributed by atoms with van der Waals surface area (Å²) in [5.41, 5.74) is 0.472. The highest BCUT2D eigenvalue weighted by atomic mass is 32.2. The lowest BCUT2D eigenvalue weighted by atomic mass is 10.0. The minimum absolute atomic E-state index is 0.156. The molecule has 0 spiro atoms. The van der Waals surface area contributed by atoms with Gasteiger partial charge in [-0.15, -0.1) is 11.8 Å². The molecule has 0 aliphatic rings. The molecular weight excluding hydrogens is 250 g/mol. The second-order valence-electron chi connectivity index (χ2n) is 4.26. The van der Waals surface area contributed by atoms with E-state index in [4.69, 9.17) is 5.11 Å². The molecule has 0 heterocycles. The zero-order valence-corrected chi connectivity index (χ0v) is 11.5. The minimum Gasteiger partial charge on any atom is -0.480 e. The van der Waals surface area contributed by atoms with Crippen LogP contribution in [0.15, 0.2) is 29.2 Å². The van der Waals surface area contributed by atoms with Gasteiger partial charge in [0.2, 0.25) is 0 Å². The largest absolute Gasteiger partial charge is 0.480 e. The topological polar surface area (TPSA) is 66.4 Å². The smallest absolute Gasteiger partial charge is 0.326 e. The Labute approximate surface area is 111 Å². The van der Waals surface area contributed by atoms with E-state index in [1.807, 2.05) is 18.4 Å². The highest BCUT2D eigenvalue weighted by molar-refractivity contribution is 7.98. The highest BCUT2D eigenvalue weighted by Gasteiger charge is 2.23. The standard InChI is InChI=1S/C13H17NO3S/c1-8(2)11(13(16)17)14-12(15)9-4-6-10(18-3)7-5-9/h4-8,11H,1-3H3,(H,14,15)(H,16,17). The van der Waals surface area contributed by atoms with Gasteiger partial charge < -0.3 is 10.4 Å². The predicted octanol–water partition coefficient (Wildman–Crippen LogP) is 2.25. The van der Waals surface area contributed by atoms with E-state index in [-0.39, 0.29) is 11.8 Å². The van der Waals surface area contributed by atoms with Gasteiger partial charge in [-0.3, -0.25) is 4.79 Å². The SMILES string of the molecule is CSc1ccc(C(=O)NC(C(=O)O)C(C)C)cc1. The normalized spacial score (nSPS) is 12.2. The number of rotatable bonds is 5. The first kappa shape index (κ1) is 14.6. The predicted molar refractivity (Wildman–Crippen MR) is 72.0 cm³/mol. The fourth-order valence-corrected chi connectivity index (χ4v) is 1.89. The van der Waals surface area contributed by atoms with E-state index in [0.717, 1.165) is 4.90 Å². The third-order valence-corrected chi connectivity index (χ3v) is 3.32. The van der Waals surface area contributed by atoms with Crippen LogP contribution in [-0.2, 0) is 4.79 Å². The van der Waals surface area contributed by atoms with Crippen molar-refractivity contribution < 1.29 is 14.7 Å². The number of amides is 1. The van der Waals surface area contributed by atoms with E-state index >= 15 is 0 Å². The van der Waals surface area contributed by atoms with Gasteiger partial charge in [0.15, 0.2) is 0 Å². The first-order valence-corrected chi connectivity index (χ1v) is 6.86. The number of thioether (sulfide) groups is 1. The molecule has 1 rings (SSSR count). The summed E-state index contributed by atoms with van der Waals surface area (Å²) in [6, 6.07) is 6.20. The fourth-order valence-electron chi connectivity index (χ4n) is 1.48. The average molecular weight is 267 g/mol. The molecule has 0 radical (unpaired) electrons. The van der Waals surface area contributed by atoms with Crippen molar-refractivity contribution in [3.63, 3.8) is 0 Å². The number of carboxylic acid groups (broad SMARTS) is 1. The Bertz CT molecular complexity index is 428. The maximum Gasteiger partial charge on any atom is 0.326 e. The van der Waals surface area contributed by atoms with Crippen molar-refractivity contribution in [1.82, 2.24) is 5.32 Å². The van der Waals surface area contributed by atoms with Gasteiger partial charge in [0.1, 0.15) is 6.04 Å². The summed E-state index contributed by atoms with van der Waals surface area (Å²) in [6.45, 7) is 3.52. The van der Waals surface area contributed by atoms with Gasteiger partial charge in [-0.25, -0.2) is 4.79 Å². The molecule has 0 aliphatic heterocycles. The number of nitrogens with one attached hydrogen (secondary N) is 1. The molecule has 18 heavy (non-hydrogen) atoms. The van der Waals surface area contributed by atoms with Gasteiger partial charge in [0.25, 0.3) is 5.91 Å². The first-order valence-electron chi connectivity index (χ1n) is 5.63. The van der Waals surface area contributed by atoms with Gasteiger partial charge in [0.05, 0.1) is 0 Å². The van der Waals surface area contributed by atoms with Crippen LogP contribution in [0.5, 0.6) is 0 Å². The molecule has 0 fully saturated rings. The molecule has 1 aromatic rings. The number of hydrogen-bond donors (Lipinski definition) is 2. The molecule has 4 nitrogen and oxygen atoms in total. The molecule has 1 unspecified atom stereocenters. The Morgan fingerprint density at radius 3 is 2.17 bits per heavy atom. The van der Waals surface area contributed by atoms with Gasteiger partial charge in [-0.1, -0.05) is 13.8 Å². The third kappa shape index (κ3) is 3.77. The molecule has 5 heteroatoms. The van der Waals surface area contributed by atoms with Crippen molar-refractivity contribution in [3.8, 4) is 0 Å². The zero-order chi connectivity index (χ0) is 13.7. The highest BCUT2D eigenvalue weighted by Crippen LogP contribution is 2.15. The van der Waals surface area contributed by atoms with Crippen LogP contribution >= 0.6 is 11.8 Å². The van der Waals surface area contributed by atoms with Gasteiger partial charge in [-0.2, -0.15) is 0 Å². The summed E-state index contributed by atoms with van der Waals surface area (Å²) in [4.78, 5) is 23.9. The number of carbonyl (C=O) groups excluding carboxylic acids is 1. The van der Waals surface area contributed by atoms with E-state index in [0.29, 0.717) is 5.56 Å². The van der Waals surface area contributed by atoms with E-state index in [9.17, 15) is 9.59 Å². The molecule has 2 N–H and O–H groups in total. The van der Waals surface area contributed by atoms with Crippen LogP contribution in [0.1, 0.15) is 24.2 Å². The van der Waals surface area contributed by atoms with Crippen LogP contribution in [0.25, 0.3) is 0 Å². The fraction of sp³-hybridized carbons (Fsp3) is 0.385. The summed E-state index contributed by atoms with van der Waals surface area (Å²) < 4.78 is 0. The van der Waals surface area contributed by atoms with E-state index in [2.05, 4.69) is 5.32 Å². The lowest BCUT2D eigenvalue weighted by Gasteiger charge is -2.17. The van der Waals surface area contributed by atoms with Crippen LogP contribution in [0.3, 0.4) is 0 Å². The quantitative estimate of drug-likeness (QED) is 0.803. The summed E-state index contributed by atoms with van der Waals surface area (Å²) in [7, 11) is 0. The molecule has 98 valence electrons. The molecule has 0 saturated heterocycles. The second kappa shape index (κ2) is 6.44. The summed E-state index contributed by atoms with van der Waals surface area (Å²) in [6.07, 6.45) is 1.95. The van der Waals surface area contributed by atoms with E-state index in [1.54, 1.807) is 37.7 Å². The van der Waals surface area contributed by atoms with Crippen LogP contribution in [0.2, 0.25) is 0 Å². The molecule has 1 aromatic carbocycles. The number of benzene rings is 1. The maximum absolute atomic E-state index is 11.9. The lowest BCUT2D eigenvalue weighted by Crippen LogP contribution is -2.44. The number of aliphatic carboxylic acids is 1. The van der Waals surface area contributed by atoms with Crippen molar-refractivity contribution >= 4 is 23.6 Å². The Hall–Kier alpha value is -1.49. The van der Waals surface area contributed by atoms with Gasteiger partial charge in [-0.05, 0) is 36.4 Å². The molecule has 0 aliphatic carbocycles. The summed E-state index contributed by atoms with van der Waals surface area (Å²) in [5, 5.41) is 11.5. The Morgan fingerprint density at radius 1 is 1.22 bits per heavy atom. The third-order valence-electron chi connectivity index (χ3n) is 2.57. The van der Waals surface area contributed by atoms with E-state index in [1.165, 1.54) is 0 Å². The van der Waals surface area contributed by atoms with Crippen molar-refractivity contribution in [2.75, 3.05) is 6.26 Å². The molecule has 1 amide bonds. The second-order valence-corrected chi connectivity index (χ2v) is 5.14. The average Bonchev–Trinajstić information content (AvgIpc) is 2.35. The van der Waals surface area contributed by atoms with Crippen molar-refractivity contribution in [2.45, 2.75) is 24.8 Å². The Kier molecular flexibility index (Phi) is 5.22. The minimum atomic E-state index is -1.01. The summed E-state index contributed by atoms with van der Waals surface area (Å²) in [5.74, 6) is -1.53. The summed E-state index contributed by atoms with van der Waals surface area (Å²) >= 11 is 1.59.